The molecule has 0 aliphatic heterocycles. The summed E-state index contributed by atoms with van der Waals surface area (Å²) in [5, 5.41) is 0. The average Bonchev–Trinajstić information content (AvgIpc) is 2.43. The predicted octanol–water partition coefficient (Wildman–Crippen LogP) is 1.31. The molecule has 0 radical (unpaired) electrons. The molecule has 1 heterocycles. The first kappa shape index (κ1) is 16.4. The molecule has 1 aromatic rings. The van der Waals surface area contributed by atoms with Crippen molar-refractivity contribution in [1.29, 1.82) is 0 Å². The first-order valence-electron chi connectivity index (χ1n) is 7.23. The molecule has 3 N–H and O–H groups in total. The molecular formula is C15H25N3O2S. The SMILES string of the molecule is CC1(C)C(N)C(C)(C)C1NS(=O)(=O)CCc1ccccn1. The van der Waals surface area contributed by atoms with Crippen molar-refractivity contribution in [2.24, 2.45) is 16.6 Å². The Balaban J connectivity index is 2.02. The van der Waals surface area contributed by atoms with Gasteiger partial charge >= 0.3 is 0 Å². The molecule has 1 aliphatic rings. The molecule has 0 amide bonds. The van der Waals surface area contributed by atoms with Gasteiger partial charge in [0.15, 0.2) is 0 Å². The van der Waals surface area contributed by atoms with Gasteiger partial charge in [-0.2, -0.15) is 0 Å². The summed E-state index contributed by atoms with van der Waals surface area (Å²) in [6.45, 7) is 8.04. The van der Waals surface area contributed by atoms with E-state index in [-0.39, 0.29) is 28.7 Å². The smallest absolute Gasteiger partial charge is 0.212 e. The second kappa shape index (κ2) is 5.34. The van der Waals surface area contributed by atoms with Crippen LogP contribution in [0.25, 0.3) is 0 Å². The number of rotatable bonds is 5. The third kappa shape index (κ3) is 3.12. The molecular weight excluding hydrogens is 286 g/mol. The molecule has 1 fully saturated rings. The van der Waals surface area contributed by atoms with Crippen LogP contribution in [0, 0.1) is 10.8 Å². The normalized spacial score (nSPS) is 27.1. The topological polar surface area (TPSA) is 85.1 Å². The van der Waals surface area contributed by atoms with E-state index in [1.54, 1.807) is 6.20 Å². The lowest BCUT2D eigenvalue weighted by Gasteiger charge is -2.62. The minimum Gasteiger partial charge on any atom is -0.327 e. The number of pyridine rings is 1. The van der Waals surface area contributed by atoms with Crippen LogP contribution in [0.2, 0.25) is 0 Å². The molecule has 0 spiro atoms. The Labute approximate surface area is 127 Å². The van der Waals surface area contributed by atoms with E-state index >= 15 is 0 Å². The zero-order valence-electron chi connectivity index (χ0n) is 13.1. The molecule has 0 bridgehead atoms. The second-order valence-corrected chi connectivity index (χ2v) is 8.93. The van der Waals surface area contributed by atoms with Gasteiger partial charge in [-0.3, -0.25) is 4.98 Å². The summed E-state index contributed by atoms with van der Waals surface area (Å²) < 4.78 is 27.5. The number of nitrogens with one attached hydrogen (secondary N) is 1. The van der Waals surface area contributed by atoms with Crippen LogP contribution < -0.4 is 10.5 Å². The first-order chi connectivity index (χ1) is 9.57. The Morgan fingerprint density at radius 1 is 1.24 bits per heavy atom. The van der Waals surface area contributed by atoms with E-state index in [9.17, 15) is 8.42 Å². The van der Waals surface area contributed by atoms with Gasteiger partial charge in [0.2, 0.25) is 10.0 Å². The summed E-state index contributed by atoms with van der Waals surface area (Å²) in [5.74, 6) is 0.0436. The summed E-state index contributed by atoms with van der Waals surface area (Å²) in [7, 11) is -3.35. The number of hydrogen-bond acceptors (Lipinski definition) is 4. The standard InChI is InChI=1S/C15H25N3O2S/c1-14(2)12(16)15(3,4)13(14)18-21(19,20)10-8-11-7-5-6-9-17-11/h5-7,9,12-13,18H,8,10,16H2,1-4H3. The summed E-state index contributed by atoms with van der Waals surface area (Å²) in [5.41, 5.74) is 6.48. The van der Waals surface area contributed by atoms with Gasteiger partial charge in [-0.25, -0.2) is 13.1 Å². The Hall–Kier alpha value is -0.980. The van der Waals surface area contributed by atoms with E-state index in [1.807, 2.05) is 45.9 Å². The minimum atomic E-state index is -3.35. The van der Waals surface area contributed by atoms with Gasteiger partial charge in [0, 0.05) is 30.4 Å². The number of hydrogen-bond donors (Lipinski definition) is 2. The van der Waals surface area contributed by atoms with Crippen molar-refractivity contribution in [3.8, 4) is 0 Å². The lowest BCUT2D eigenvalue weighted by atomic mass is 9.49. The number of sulfonamides is 1. The van der Waals surface area contributed by atoms with Gasteiger partial charge in [-0.05, 0) is 23.0 Å². The maximum atomic E-state index is 12.3. The van der Waals surface area contributed by atoms with Crippen LogP contribution in [0.1, 0.15) is 33.4 Å². The number of aromatic nitrogens is 1. The van der Waals surface area contributed by atoms with Gasteiger partial charge < -0.3 is 5.73 Å². The fourth-order valence-electron chi connectivity index (χ4n) is 3.51. The molecule has 21 heavy (non-hydrogen) atoms. The maximum absolute atomic E-state index is 12.3. The van der Waals surface area contributed by atoms with E-state index in [2.05, 4.69) is 9.71 Å². The predicted molar refractivity (Wildman–Crippen MR) is 84.2 cm³/mol. The lowest BCUT2D eigenvalue weighted by molar-refractivity contribution is -0.0593. The number of nitrogens with two attached hydrogens (primary N) is 1. The molecule has 0 saturated heterocycles. The third-order valence-corrected chi connectivity index (χ3v) is 6.08. The Morgan fingerprint density at radius 3 is 2.38 bits per heavy atom. The molecule has 0 atom stereocenters. The van der Waals surface area contributed by atoms with Gasteiger partial charge in [0.1, 0.15) is 0 Å². The lowest BCUT2D eigenvalue weighted by Crippen LogP contribution is -2.76. The Bertz CT molecular complexity index is 581. The van der Waals surface area contributed by atoms with Crippen LogP contribution in [-0.2, 0) is 16.4 Å². The monoisotopic (exact) mass is 311 g/mol. The highest BCUT2D eigenvalue weighted by Crippen LogP contribution is 2.52. The molecule has 1 aromatic heterocycles. The summed E-state index contributed by atoms with van der Waals surface area (Å²) in [6.07, 6.45) is 2.09. The van der Waals surface area contributed by atoms with Crippen LogP contribution >= 0.6 is 0 Å². The first-order valence-corrected chi connectivity index (χ1v) is 8.88. The second-order valence-electron chi connectivity index (χ2n) is 7.06. The van der Waals surface area contributed by atoms with Crippen LogP contribution in [0.15, 0.2) is 24.4 Å². The highest BCUT2D eigenvalue weighted by molar-refractivity contribution is 7.89. The van der Waals surface area contributed by atoms with Crippen molar-refractivity contribution in [1.82, 2.24) is 9.71 Å². The quantitative estimate of drug-likeness (QED) is 0.858. The highest BCUT2D eigenvalue weighted by atomic mass is 32.2. The molecule has 2 rings (SSSR count). The van der Waals surface area contributed by atoms with Crippen molar-refractivity contribution in [2.75, 3.05) is 5.75 Å². The Morgan fingerprint density at radius 2 is 1.86 bits per heavy atom. The van der Waals surface area contributed by atoms with Crippen molar-refractivity contribution < 1.29 is 8.42 Å². The molecule has 118 valence electrons. The van der Waals surface area contributed by atoms with E-state index in [4.69, 9.17) is 5.73 Å². The maximum Gasteiger partial charge on any atom is 0.212 e. The van der Waals surface area contributed by atoms with Gasteiger partial charge in [-0.1, -0.05) is 33.8 Å². The molecule has 6 heteroatoms. The number of aryl methyl sites for hydroxylation is 1. The minimum absolute atomic E-state index is 0.0199. The van der Waals surface area contributed by atoms with E-state index < -0.39 is 10.0 Å². The van der Waals surface area contributed by atoms with Gasteiger partial charge in [0.05, 0.1) is 5.75 Å². The molecule has 0 aromatic carbocycles. The highest BCUT2D eigenvalue weighted by Gasteiger charge is 2.60. The van der Waals surface area contributed by atoms with Crippen molar-refractivity contribution in [3.05, 3.63) is 30.1 Å². The summed E-state index contributed by atoms with van der Waals surface area (Å²) in [4.78, 5) is 4.15. The third-order valence-electron chi connectivity index (χ3n) is 4.74. The van der Waals surface area contributed by atoms with E-state index in [1.165, 1.54) is 0 Å². The van der Waals surface area contributed by atoms with Crippen LogP contribution in [0.3, 0.4) is 0 Å². The fourth-order valence-corrected chi connectivity index (χ4v) is 5.07. The van der Waals surface area contributed by atoms with Gasteiger partial charge in [0.25, 0.3) is 0 Å². The van der Waals surface area contributed by atoms with E-state index in [0.29, 0.717) is 6.42 Å². The summed E-state index contributed by atoms with van der Waals surface area (Å²) in [6, 6.07) is 5.35. The molecule has 5 nitrogen and oxygen atoms in total. The molecule has 1 aliphatic carbocycles. The van der Waals surface area contributed by atoms with E-state index in [0.717, 1.165) is 5.69 Å². The average molecular weight is 311 g/mol. The summed E-state index contributed by atoms with van der Waals surface area (Å²) >= 11 is 0. The molecule has 0 unspecified atom stereocenters. The van der Waals surface area contributed by atoms with Crippen LogP contribution in [0.4, 0.5) is 0 Å². The van der Waals surface area contributed by atoms with Crippen molar-refractivity contribution in [3.63, 3.8) is 0 Å². The van der Waals surface area contributed by atoms with Crippen molar-refractivity contribution in [2.45, 2.75) is 46.2 Å². The Kier molecular flexibility index (Phi) is 4.17. The number of nitrogens with zero attached hydrogens (tertiary/aromatic N) is 1. The largest absolute Gasteiger partial charge is 0.327 e. The fraction of sp³-hybridized carbons (Fsp3) is 0.667. The van der Waals surface area contributed by atoms with Crippen LogP contribution in [0.5, 0.6) is 0 Å². The van der Waals surface area contributed by atoms with Gasteiger partial charge in [-0.15, -0.1) is 0 Å². The zero-order valence-corrected chi connectivity index (χ0v) is 13.9. The van der Waals surface area contributed by atoms with Crippen LogP contribution in [-0.4, -0.2) is 31.2 Å². The zero-order chi connectivity index (χ0) is 15.9. The van der Waals surface area contributed by atoms with Crippen molar-refractivity contribution >= 4 is 10.0 Å². The molecule has 1 saturated carbocycles.